The first-order valence-corrected chi connectivity index (χ1v) is 14.0. The number of hydrogen-bond acceptors (Lipinski definition) is 7. The topological polar surface area (TPSA) is 122 Å². The highest BCUT2D eigenvalue weighted by Crippen LogP contribution is 2.22. The third-order valence-corrected chi connectivity index (χ3v) is 7.79. The van der Waals surface area contributed by atoms with Crippen LogP contribution in [0.2, 0.25) is 5.02 Å². The average molecular weight is 596 g/mol. The van der Waals surface area contributed by atoms with Crippen molar-refractivity contribution in [2.45, 2.75) is 42.2 Å². The molecule has 0 unspecified atom stereocenters. The summed E-state index contributed by atoms with van der Waals surface area (Å²) in [5, 5.41) is 16.6. The number of benzene rings is 3. The van der Waals surface area contributed by atoms with Crippen molar-refractivity contribution < 1.29 is 27.9 Å². The van der Waals surface area contributed by atoms with Gasteiger partial charge in [0, 0.05) is 17.1 Å². The van der Waals surface area contributed by atoms with E-state index in [0.717, 1.165) is 11.1 Å². The van der Waals surface area contributed by atoms with Crippen molar-refractivity contribution >= 4 is 45.7 Å². The van der Waals surface area contributed by atoms with Crippen LogP contribution in [0.4, 0.5) is 0 Å². The minimum absolute atomic E-state index is 0. The first-order valence-electron chi connectivity index (χ1n) is 12.2. The van der Waals surface area contributed by atoms with E-state index in [0.29, 0.717) is 24.5 Å². The van der Waals surface area contributed by atoms with Gasteiger partial charge >= 0.3 is 5.97 Å². The Labute approximate surface area is 240 Å². The Bertz CT molecular complexity index is 1370. The molecular weight excluding hydrogens is 563 g/mol. The predicted molar refractivity (Wildman–Crippen MR) is 152 cm³/mol. The second-order valence-electron chi connectivity index (χ2n) is 8.65. The summed E-state index contributed by atoms with van der Waals surface area (Å²) in [6.07, 6.45) is -0.0517. The molecule has 3 N–H and O–H groups in total. The fourth-order valence-electron chi connectivity index (χ4n) is 3.69. The molecule has 0 aliphatic rings. The van der Waals surface area contributed by atoms with E-state index in [-0.39, 0.29) is 34.4 Å². The number of sulfone groups is 1. The Morgan fingerprint density at radius 1 is 1.00 bits per heavy atom. The number of amides is 1. The minimum Gasteiger partial charge on any atom is -0.464 e. The quantitative estimate of drug-likeness (QED) is 0.213. The molecule has 1 amide bonds. The number of nitrogens with one attached hydrogen (secondary N) is 2. The van der Waals surface area contributed by atoms with Gasteiger partial charge in [0.15, 0.2) is 0 Å². The van der Waals surface area contributed by atoms with Gasteiger partial charge in [-0.1, -0.05) is 41.9 Å². The Balaban J connectivity index is 0.00000533. The van der Waals surface area contributed by atoms with E-state index in [1.54, 1.807) is 37.3 Å². The lowest BCUT2D eigenvalue weighted by Crippen LogP contribution is -2.39. The van der Waals surface area contributed by atoms with Crippen LogP contribution in [0.25, 0.3) is 0 Å². The molecule has 0 spiro atoms. The second-order valence-corrected chi connectivity index (χ2v) is 11.0. The first-order chi connectivity index (χ1) is 18.1. The number of halogens is 2. The number of esters is 1. The van der Waals surface area contributed by atoms with Gasteiger partial charge in [-0.3, -0.25) is 4.79 Å². The van der Waals surface area contributed by atoms with Gasteiger partial charge < -0.3 is 20.5 Å². The van der Waals surface area contributed by atoms with Crippen molar-refractivity contribution in [3.05, 3.63) is 94.5 Å². The highest BCUT2D eigenvalue weighted by atomic mass is 35.5. The molecule has 0 aliphatic carbocycles. The van der Waals surface area contributed by atoms with Crippen molar-refractivity contribution in [1.82, 2.24) is 10.6 Å². The molecule has 0 saturated heterocycles. The Kier molecular flexibility index (Phi) is 12.4. The van der Waals surface area contributed by atoms with E-state index in [1.807, 2.05) is 6.07 Å². The van der Waals surface area contributed by atoms with Crippen LogP contribution in [-0.2, 0) is 25.8 Å². The van der Waals surface area contributed by atoms with Crippen molar-refractivity contribution in [2.75, 3.05) is 19.7 Å². The van der Waals surface area contributed by atoms with Gasteiger partial charge in [0.1, 0.15) is 6.04 Å². The number of carbonyl (C=O) groups is 2. The Morgan fingerprint density at radius 3 is 2.36 bits per heavy atom. The summed E-state index contributed by atoms with van der Waals surface area (Å²) in [6, 6.07) is 18.4. The van der Waals surface area contributed by atoms with Crippen LogP contribution in [0.1, 0.15) is 41.4 Å². The summed E-state index contributed by atoms with van der Waals surface area (Å²) in [4.78, 5) is 24.4. The van der Waals surface area contributed by atoms with Crippen molar-refractivity contribution in [3.63, 3.8) is 0 Å². The van der Waals surface area contributed by atoms with E-state index in [1.165, 1.54) is 43.3 Å². The molecule has 0 aromatic heterocycles. The van der Waals surface area contributed by atoms with E-state index in [4.69, 9.17) is 16.3 Å². The maximum absolute atomic E-state index is 13.2. The number of aliphatic hydroxyl groups excluding tert-OH is 1. The third kappa shape index (κ3) is 9.05. The maximum Gasteiger partial charge on any atom is 0.328 e. The van der Waals surface area contributed by atoms with Crippen molar-refractivity contribution in [3.8, 4) is 0 Å². The molecule has 210 valence electrons. The summed E-state index contributed by atoms with van der Waals surface area (Å²) in [5.41, 5.74) is 1.77. The molecule has 2 atom stereocenters. The minimum atomic E-state index is -3.87. The summed E-state index contributed by atoms with van der Waals surface area (Å²) >= 11 is 5.97. The SMILES string of the molecule is CCOC(=O)[C@H](C)NC(=O)c1cccc(S(=O)(=O)c2ccc(CCNC[C@H](O)c3cccc(Cl)c3)cc2)c1.Cl. The Morgan fingerprint density at radius 2 is 1.69 bits per heavy atom. The molecule has 0 aliphatic heterocycles. The van der Waals surface area contributed by atoms with Gasteiger partial charge in [0.2, 0.25) is 9.84 Å². The van der Waals surface area contributed by atoms with Gasteiger partial charge in [-0.25, -0.2) is 13.2 Å². The molecule has 0 saturated carbocycles. The fraction of sp³-hybridized carbons (Fsp3) is 0.286. The van der Waals surface area contributed by atoms with Crippen molar-refractivity contribution in [1.29, 1.82) is 0 Å². The highest BCUT2D eigenvalue weighted by Gasteiger charge is 2.21. The molecule has 0 heterocycles. The molecule has 3 aromatic rings. The molecule has 0 radical (unpaired) electrons. The average Bonchev–Trinajstić information content (AvgIpc) is 2.91. The molecule has 11 heteroatoms. The van der Waals surface area contributed by atoms with Gasteiger partial charge in [-0.15, -0.1) is 12.4 Å². The zero-order valence-corrected chi connectivity index (χ0v) is 24.0. The predicted octanol–water partition coefficient (Wildman–Crippen LogP) is 4.14. The number of ether oxygens (including phenoxy) is 1. The third-order valence-electron chi connectivity index (χ3n) is 5.79. The van der Waals surface area contributed by atoms with Gasteiger partial charge in [0.25, 0.3) is 5.91 Å². The summed E-state index contributed by atoms with van der Waals surface area (Å²) < 4.78 is 31.2. The van der Waals surface area contributed by atoms with Crippen LogP contribution in [0.15, 0.2) is 82.6 Å². The van der Waals surface area contributed by atoms with Crippen LogP contribution < -0.4 is 10.6 Å². The lowest BCUT2D eigenvalue weighted by atomic mass is 10.1. The molecule has 8 nitrogen and oxygen atoms in total. The molecule has 0 bridgehead atoms. The number of aliphatic hydroxyl groups is 1. The highest BCUT2D eigenvalue weighted by molar-refractivity contribution is 7.91. The Hall–Kier alpha value is -2.95. The summed E-state index contributed by atoms with van der Waals surface area (Å²) in [7, 11) is -3.87. The van der Waals surface area contributed by atoms with Crippen LogP contribution in [-0.4, -0.2) is 51.1 Å². The lowest BCUT2D eigenvalue weighted by Gasteiger charge is -2.13. The van der Waals surface area contributed by atoms with E-state index in [9.17, 15) is 23.1 Å². The molecule has 0 fully saturated rings. The van der Waals surface area contributed by atoms with Gasteiger partial charge in [0.05, 0.1) is 22.5 Å². The van der Waals surface area contributed by atoms with Crippen LogP contribution in [0, 0.1) is 0 Å². The number of carbonyl (C=O) groups excluding carboxylic acids is 2. The zero-order valence-electron chi connectivity index (χ0n) is 21.6. The molecule has 3 rings (SSSR count). The van der Waals surface area contributed by atoms with Crippen molar-refractivity contribution in [2.24, 2.45) is 0 Å². The maximum atomic E-state index is 13.2. The van der Waals surface area contributed by atoms with Crippen LogP contribution in [0.5, 0.6) is 0 Å². The second kappa shape index (κ2) is 15.0. The summed E-state index contributed by atoms with van der Waals surface area (Å²) in [6.45, 7) is 4.30. The van der Waals surface area contributed by atoms with E-state index < -0.39 is 33.9 Å². The van der Waals surface area contributed by atoms with E-state index >= 15 is 0 Å². The molecule has 3 aromatic carbocycles. The zero-order chi connectivity index (χ0) is 27.7. The molecule has 39 heavy (non-hydrogen) atoms. The lowest BCUT2D eigenvalue weighted by molar-refractivity contribution is -0.144. The largest absolute Gasteiger partial charge is 0.464 e. The van der Waals surface area contributed by atoms with Gasteiger partial charge in [-0.05, 0) is 80.4 Å². The van der Waals surface area contributed by atoms with Crippen LogP contribution >= 0.6 is 24.0 Å². The molecular formula is C28H32Cl2N2O6S. The normalized spacial score (nSPS) is 12.6. The monoisotopic (exact) mass is 594 g/mol. The smallest absolute Gasteiger partial charge is 0.328 e. The fourth-order valence-corrected chi connectivity index (χ4v) is 5.19. The number of rotatable bonds is 12. The summed E-state index contributed by atoms with van der Waals surface area (Å²) in [5.74, 6) is -1.15. The van der Waals surface area contributed by atoms with Crippen LogP contribution in [0.3, 0.4) is 0 Å². The first kappa shape index (κ1) is 32.3. The van der Waals surface area contributed by atoms with Gasteiger partial charge in [-0.2, -0.15) is 0 Å². The standard InChI is InChI=1S/C28H31ClN2O6S.ClH/c1-3-37-28(34)19(2)31-27(33)22-7-5-9-25(17-22)38(35,36)24-12-10-20(11-13-24)14-15-30-18-26(32)21-6-4-8-23(29)16-21;/h4-13,16-17,19,26,30,32H,3,14-15,18H2,1-2H3,(H,31,33);1H/t19-,26-;/m0./s1. The van der Waals surface area contributed by atoms with E-state index in [2.05, 4.69) is 10.6 Å². The number of hydrogen-bond donors (Lipinski definition) is 3.